The fourth-order valence-corrected chi connectivity index (χ4v) is 1.81. The van der Waals surface area contributed by atoms with Crippen LogP contribution in [0.15, 0.2) is 0 Å². The molecule has 2 atom stereocenters. The van der Waals surface area contributed by atoms with Crippen LogP contribution in [0.1, 0.15) is 19.8 Å². The van der Waals surface area contributed by atoms with E-state index in [1.807, 2.05) is 0 Å². The minimum absolute atomic E-state index is 0.0481. The third kappa shape index (κ3) is 4.05. The predicted molar refractivity (Wildman–Crippen MR) is 59.4 cm³/mol. The van der Waals surface area contributed by atoms with Gasteiger partial charge in [-0.25, -0.2) is 5.84 Å². The van der Waals surface area contributed by atoms with Gasteiger partial charge in [-0.05, 0) is 19.9 Å². The molecule has 1 heterocycles. The molecule has 0 spiro atoms. The molecule has 1 fully saturated rings. The molecule has 2 unspecified atom stereocenters. The van der Waals surface area contributed by atoms with Crippen LogP contribution in [0, 0.1) is 0 Å². The highest BCUT2D eigenvalue weighted by Gasteiger charge is 2.24. The summed E-state index contributed by atoms with van der Waals surface area (Å²) in [5.41, 5.74) is 2.11. The molecule has 4 N–H and O–H groups in total. The fourth-order valence-electron chi connectivity index (χ4n) is 1.81. The normalized spacial score (nSPS) is 26.7. The summed E-state index contributed by atoms with van der Waals surface area (Å²) in [6, 6.07) is 0.337. The zero-order valence-electron chi connectivity index (χ0n) is 9.69. The van der Waals surface area contributed by atoms with Gasteiger partial charge in [-0.1, -0.05) is 0 Å². The minimum Gasteiger partial charge on any atom is -0.394 e. The number of carbonyl (C=O) groups is 1. The van der Waals surface area contributed by atoms with Gasteiger partial charge in [0.25, 0.3) is 0 Å². The van der Waals surface area contributed by atoms with E-state index in [0.717, 1.165) is 19.5 Å². The van der Waals surface area contributed by atoms with Crippen molar-refractivity contribution in [1.29, 1.82) is 0 Å². The van der Waals surface area contributed by atoms with Gasteiger partial charge >= 0.3 is 0 Å². The Labute approximate surface area is 95.7 Å². The summed E-state index contributed by atoms with van der Waals surface area (Å²) in [5.74, 6) is 4.86. The molecule has 1 aliphatic heterocycles. The molecule has 0 aromatic rings. The maximum Gasteiger partial charge on any atom is 0.233 e. The van der Waals surface area contributed by atoms with Crippen LogP contribution in [0.5, 0.6) is 0 Å². The van der Waals surface area contributed by atoms with Gasteiger partial charge in [0.1, 0.15) is 0 Å². The molecule has 0 bridgehead atoms. The Balaban J connectivity index is 2.25. The lowest BCUT2D eigenvalue weighted by Gasteiger charge is -2.37. The first kappa shape index (κ1) is 13.4. The molecule has 0 saturated carbocycles. The second-order valence-corrected chi connectivity index (χ2v) is 4.15. The van der Waals surface area contributed by atoms with Gasteiger partial charge in [0.2, 0.25) is 5.91 Å². The molecule has 0 aliphatic carbocycles. The number of amides is 1. The first-order valence-electron chi connectivity index (χ1n) is 5.63. The van der Waals surface area contributed by atoms with E-state index in [0.29, 0.717) is 19.1 Å². The quantitative estimate of drug-likeness (QED) is 0.315. The van der Waals surface area contributed by atoms with Crippen molar-refractivity contribution < 1.29 is 14.6 Å². The molecule has 1 saturated heterocycles. The Hall–Kier alpha value is -0.690. The molecular weight excluding hydrogens is 210 g/mol. The smallest absolute Gasteiger partial charge is 0.233 e. The molecule has 1 aliphatic rings. The molecule has 6 heteroatoms. The summed E-state index contributed by atoms with van der Waals surface area (Å²) in [6.07, 6.45) is 1.11. The Bertz CT molecular complexity index is 225. The second-order valence-electron chi connectivity index (χ2n) is 4.15. The summed E-state index contributed by atoms with van der Waals surface area (Å²) in [4.78, 5) is 13.2. The number of nitrogens with zero attached hydrogens (tertiary/aromatic N) is 1. The van der Waals surface area contributed by atoms with Crippen molar-refractivity contribution >= 4 is 5.91 Å². The number of hydrogen-bond donors (Lipinski definition) is 3. The zero-order valence-corrected chi connectivity index (χ0v) is 9.69. The average molecular weight is 231 g/mol. The van der Waals surface area contributed by atoms with Crippen molar-refractivity contribution in [3.63, 3.8) is 0 Å². The Morgan fingerprint density at radius 2 is 2.44 bits per heavy atom. The van der Waals surface area contributed by atoms with Crippen molar-refractivity contribution in [3.05, 3.63) is 0 Å². The number of hydrogen-bond acceptors (Lipinski definition) is 5. The lowest BCUT2D eigenvalue weighted by atomic mass is 10.1. The summed E-state index contributed by atoms with van der Waals surface area (Å²) in [7, 11) is 0. The van der Waals surface area contributed by atoms with E-state index in [1.165, 1.54) is 0 Å². The maximum absolute atomic E-state index is 10.9. The van der Waals surface area contributed by atoms with Crippen LogP contribution in [0.25, 0.3) is 0 Å². The summed E-state index contributed by atoms with van der Waals surface area (Å²) in [6.45, 7) is 4.31. The van der Waals surface area contributed by atoms with Crippen LogP contribution >= 0.6 is 0 Å². The largest absolute Gasteiger partial charge is 0.394 e. The van der Waals surface area contributed by atoms with E-state index < -0.39 is 0 Å². The Kier molecular flexibility index (Phi) is 5.68. The number of aliphatic hydroxyl groups is 1. The Morgan fingerprint density at radius 1 is 1.69 bits per heavy atom. The van der Waals surface area contributed by atoms with Gasteiger partial charge < -0.3 is 9.84 Å². The van der Waals surface area contributed by atoms with Gasteiger partial charge in [0, 0.05) is 19.0 Å². The van der Waals surface area contributed by atoms with Crippen LogP contribution in [0.2, 0.25) is 0 Å². The monoisotopic (exact) mass is 231 g/mol. The van der Waals surface area contributed by atoms with E-state index in [4.69, 9.17) is 15.7 Å². The van der Waals surface area contributed by atoms with Gasteiger partial charge in [-0.15, -0.1) is 0 Å². The highest BCUT2D eigenvalue weighted by Crippen LogP contribution is 2.12. The molecule has 1 amide bonds. The van der Waals surface area contributed by atoms with E-state index in [2.05, 4.69) is 17.2 Å². The molecule has 1 rings (SSSR count). The number of morpholine rings is 1. The lowest BCUT2D eigenvalue weighted by molar-refractivity contribution is -0.121. The van der Waals surface area contributed by atoms with Crippen molar-refractivity contribution in [2.45, 2.75) is 31.9 Å². The van der Waals surface area contributed by atoms with Crippen LogP contribution in [-0.4, -0.2) is 54.4 Å². The Morgan fingerprint density at radius 3 is 3.06 bits per heavy atom. The number of hydrazine groups is 1. The van der Waals surface area contributed by atoms with Crippen LogP contribution < -0.4 is 11.3 Å². The van der Waals surface area contributed by atoms with Gasteiger partial charge in [-0.2, -0.15) is 0 Å². The molecular formula is C10H21N3O3. The number of aliphatic hydroxyl groups excluding tert-OH is 1. The fraction of sp³-hybridized carbons (Fsp3) is 0.900. The van der Waals surface area contributed by atoms with Crippen molar-refractivity contribution in [1.82, 2.24) is 10.3 Å². The number of nitrogens with one attached hydrogen (secondary N) is 1. The van der Waals surface area contributed by atoms with Gasteiger partial charge in [0.15, 0.2) is 0 Å². The highest BCUT2D eigenvalue weighted by atomic mass is 16.5. The van der Waals surface area contributed by atoms with Crippen molar-refractivity contribution in [3.8, 4) is 0 Å². The maximum atomic E-state index is 10.9. The highest BCUT2D eigenvalue weighted by molar-refractivity contribution is 5.75. The number of carbonyl (C=O) groups excluding carboxylic acids is 1. The predicted octanol–water partition coefficient (Wildman–Crippen LogP) is -1.16. The summed E-state index contributed by atoms with van der Waals surface area (Å²) in [5, 5.41) is 9.01. The number of nitrogens with two attached hydrogens (primary N) is 1. The van der Waals surface area contributed by atoms with Gasteiger partial charge in [0.05, 0.1) is 19.3 Å². The van der Waals surface area contributed by atoms with E-state index in [1.54, 1.807) is 0 Å². The summed E-state index contributed by atoms with van der Waals surface area (Å²) >= 11 is 0. The van der Waals surface area contributed by atoms with E-state index in [-0.39, 0.29) is 18.6 Å². The first-order chi connectivity index (χ1) is 7.67. The zero-order chi connectivity index (χ0) is 12.0. The summed E-state index contributed by atoms with van der Waals surface area (Å²) < 4.78 is 5.43. The SMILES string of the molecule is CC1COC(CO)CN1CCCC(=O)NN. The molecule has 0 aromatic heterocycles. The number of rotatable bonds is 5. The van der Waals surface area contributed by atoms with Crippen LogP contribution in [0.4, 0.5) is 0 Å². The topological polar surface area (TPSA) is 87.8 Å². The molecule has 16 heavy (non-hydrogen) atoms. The lowest BCUT2D eigenvalue weighted by Crippen LogP contribution is -2.49. The van der Waals surface area contributed by atoms with Gasteiger partial charge in [-0.3, -0.25) is 15.1 Å². The third-order valence-electron chi connectivity index (χ3n) is 2.85. The number of ether oxygens (including phenoxy) is 1. The van der Waals surface area contributed by atoms with Crippen molar-refractivity contribution in [2.75, 3.05) is 26.3 Å². The third-order valence-corrected chi connectivity index (χ3v) is 2.85. The van der Waals surface area contributed by atoms with Crippen LogP contribution in [0.3, 0.4) is 0 Å². The molecule has 0 aromatic carbocycles. The molecule has 6 nitrogen and oxygen atoms in total. The van der Waals surface area contributed by atoms with Crippen molar-refractivity contribution in [2.24, 2.45) is 5.84 Å². The minimum atomic E-state index is -0.139. The van der Waals surface area contributed by atoms with E-state index >= 15 is 0 Å². The van der Waals surface area contributed by atoms with Crippen LogP contribution in [-0.2, 0) is 9.53 Å². The van der Waals surface area contributed by atoms with E-state index in [9.17, 15) is 4.79 Å². The molecule has 0 radical (unpaired) electrons. The first-order valence-corrected chi connectivity index (χ1v) is 5.63. The standard InChI is InChI=1S/C10H21N3O3/c1-8-7-16-9(6-14)5-13(8)4-2-3-10(15)12-11/h8-9,14H,2-7,11H2,1H3,(H,12,15). The molecule has 94 valence electrons. The average Bonchev–Trinajstić information content (AvgIpc) is 2.31. The second kappa shape index (κ2) is 6.80.